The quantitative estimate of drug-likeness (QED) is 0.747. The lowest BCUT2D eigenvalue weighted by molar-refractivity contribution is -0.122. The van der Waals surface area contributed by atoms with Crippen LogP contribution >= 0.6 is 0 Å². The zero-order valence-corrected chi connectivity index (χ0v) is 10.2. The molecule has 0 aromatic heterocycles. The molecule has 1 amide bonds. The minimum absolute atomic E-state index is 0.0921. The van der Waals surface area contributed by atoms with Gasteiger partial charge in [-0.05, 0) is 59.0 Å². The maximum Gasteiger partial charge on any atom is 0.220 e. The van der Waals surface area contributed by atoms with Crippen molar-refractivity contribution in [3.63, 3.8) is 0 Å². The molecule has 1 aliphatic heterocycles. The van der Waals surface area contributed by atoms with Crippen molar-refractivity contribution in [2.24, 2.45) is 5.92 Å². The Hall–Kier alpha value is -0.570. The van der Waals surface area contributed by atoms with E-state index in [1.165, 1.54) is 12.8 Å². The van der Waals surface area contributed by atoms with Crippen LogP contribution in [0.25, 0.3) is 0 Å². The van der Waals surface area contributed by atoms with E-state index in [-0.39, 0.29) is 11.4 Å². The fourth-order valence-corrected chi connectivity index (χ4v) is 1.99. The molecule has 1 saturated heterocycles. The molecule has 3 nitrogen and oxygen atoms in total. The molecule has 88 valence electrons. The first-order valence-electron chi connectivity index (χ1n) is 5.99. The fourth-order valence-electron chi connectivity index (χ4n) is 1.99. The van der Waals surface area contributed by atoms with Crippen molar-refractivity contribution < 1.29 is 4.79 Å². The molecule has 0 spiro atoms. The molecule has 0 saturated carbocycles. The van der Waals surface area contributed by atoms with Crippen molar-refractivity contribution in [3.05, 3.63) is 0 Å². The molecule has 15 heavy (non-hydrogen) atoms. The molecule has 2 N–H and O–H groups in total. The summed E-state index contributed by atoms with van der Waals surface area (Å²) in [5.74, 6) is 0.943. The van der Waals surface area contributed by atoms with E-state index in [4.69, 9.17) is 0 Å². The molecule has 1 heterocycles. The van der Waals surface area contributed by atoms with Gasteiger partial charge in [-0.15, -0.1) is 0 Å². The predicted octanol–water partition coefficient (Wildman–Crippen LogP) is 1.68. The van der Waals surface area contributed by atoms with E-state index >= 15 is 0 Å². The summed E-state index contributed by atoms with van der Waals surface area (Å²) in [5, 5.41) is 6.34. The summed E-state index contributed by atoms with van der Waals surface area (Å²) in [5.41, 5.74) is -0.0921. The first-order chi connectivity index (χ1) is 6.97. The van der Waals surface area contributed by atoms with Crippen LogP contribution in [-0.4, -0.2) is 24.5 Å². The Balaban J connectivity index is 2.15. The number of carbonyl (C=O) groups excluding carboxylic acids is 1. The minimum atomic E-state index is -0.0921. The van der Waals surface area contributed by atoms with Gasteiger partial charge in [0.2, 0.25) is 5.91 Å². The molecule has 0 aromatic carbocycles. The molecule has 0 aromatic rings. The molecule has 3 heteroatoms. The number of piperidine rings is 1. The SMILES string of the molecule is CC(C)(C)NC(=O)CCC1CCNCC1. The summed E-state index contributed by atoms with van der Waals surface area (Å²) in [6.07, 6.45) is 4.18. The van der Waals surface area contributed by atoms with Gasteiger partial charge in [-0.25, -0.2) is 0 Å². The summed E-state index contributed by atoms with van der Waals surface area (Å²) in [6.45, 7) is 8.30. The summed E-state index contributed by atoms with van der Waals surface area (Å²) in [6, 6.07) is 0. The molecule has 0 atom stereocenters. The monoisotopic (exact) mass is 212 g/mol. The highest BCUT2D eigenvalue weighted by Crippen LogP contribution is 2.17. The van der Waals surface area contributed by atoms with Gasteiger partial charge in [0.15, 0.2) is 0 Å². The van der Waals surface area contributed by atoms with Crippen LogP contribution in [0.5, 0.6) is 0 Å². The van der Waals surface area contributed by atoms with Gasteiger partial charge in [-0.1, -0.05) is 0 Å². The molecule has 0 bridgehead atoms. The highest BCUT2D eigenvalue weighted by atomic mass is 16.1. The smallest absolute Gasteiger partial charge is 0.220 e. The molecular formula is C12H24N2O. The topological polar surface area (TPSA) is 41.1 Å². The number of rotatable bonds is 3. The van der Waals surface area contributed by atoms with Gasteiger partial charge < -0.3 is 10.6 Å². The van der Waals surface area contributed by atoms with E-state index in [9.17, 15) is 4.79 Å². The molecule has 1 fully saturated rings. The van der Waals surface area contributed by atoms with Gasteiger partial charge in [-0.3, -0.25) is 4.79 Å². The van der Waals surface area contributed by atoms with Crippen LogP contribution in [0.3, 0.4) is 0 Å². The lowest BCUT2D eigenvalue weighted by atomic mass is 9.93. The number of hydrogen-bond donors (Lipinski definition) is 2. The minimum Gasteiger partial charge on any atom is -0.352 e. The highest BCUT2D eigenvalue weighted by molar-refractivity contribution is 5.76. The van der Waals surface area contributed by atoms with Crippen LogP contribution in [0.4, 0.5) is 0 Å². The van der Waals surface area contributed by atoms with Crippen LogP contribution < -0.4 is 10.6 Å². The van der Waals surface area contributed by atoms with Crippen LogP contribution in [0.2, 0.25) is 0 Å². The Bertz CT molecular complexity index is 202. The predicted molar refractivity (Wildman–Crippen MR) is 62.7 cm³/mol. The Morgan fingerprint density at radius 2 is 1.93 bits per heavy atom. The second-order valence-corrected chi connectivity index (χ2v) is 5.53. The molecule has 0 aliphatic carbocycles. The van der Waals surface area contributed by atoms with E-state index < -0.39 is 0 Å². The van der Waals surface area contributed by atoms with Crippen molar-refractivity contribution in [1.82, 2.24) is 10.6 Å². The average molecular weight is 212 g/mol. The lowest BCUT2D eigenvalue weighted by Crippen LogP contribution is -2.40. The van der Waals surface area contributed by atoms with E-state index in [2.05, 4.69) is 10.6 Å². The summed E-state index contributed by atoms with van der Waals surface area (Å²) >= 11 is 0. The Kier molecular flexibility index (Phi) is 4.58. The second kappa shape index (κ2) is 5.50. The molecule has 1 aliphatic rings. The number of carbonyl (C=O) groups is 1. The normalized spacial score (nSPS) is 18.9. The highest BCUT2D eigenvalue weighted by Gasteiger charge is 2.17. The van der Waals surface area contributed by atoms with Crippen molar-refractivity contribution >= 4 is 5.91 Å². The summed E-state index contributed by atoms with van der Waals surface area (Å²) in [7, 11) is 0. The van der Waals surface area contributed by atoms with Crippen molar-refractivity contribution in [2.45, 2.75) is 52.0 Å². The average Bonchev–Trinajstić information content (AvgIpc) is 2.14. The van der Waals surface area contributed by atoms with Crippen molar-refractivity contribution in [3.8, 4) is 0 Å². The largest absolute Gasteiger partial charge is 0.352 e. The first kappa shape index (κ1) is 12.5. The Morgan fingerprint density at radius 1 is 1.33 bits per heavy atom. The maximum atomic E-state index is 11.6. The van der Waals surface area contributed by atoms with Crippen LogP contribution in [-0.2, 0) is 4.79 Å². The zero-order chi connectivity index (χ0) is 11.3. The Labute approximate surface area is 93.0 Å². The summed E-state index contributed by atoms with van der Waals surface area (Å²) < 4.78 is 0. The van der Waals surface area contributed by atoms with Gasteiger partial charge in [0, 0.05) is 12.0 Å². The van der Waals surface area contributed by atoms with Crippen LogP contribution in [0.1, 0.15) is 46.5 Å². The lowest BCUT2D eigenvalue weighted by Gasteiger charge is -2.24. The van der Waals surface area contributed by atoms with E-state index in [0.717, 1.165) is 25.4 Å². The number of nitrogens with one attached hydrogen (secondary N) is 2. The molecule has 1 rings (SSSR count). The third-order valence-corrected chi connectivity index (χ3v) is 2.75. The van der Waals surface area contributed by atoms with E-state index in [1.54, 1.807) is 0 Å². The fraction of sp³-hybridized carbons (Fsp3) is 0.917. The van der Waals surface area contributed by atoms with Crippen LogP contribution in [0, 0.1) is 5.92 Å². The third-order valence-electron chi connectivity index (χ3n) is 2.75. The molecular weight excluding hydrogens is 188 g/mol. The maximum absolute atomic E-state index is 11.6. The zero-order valence-electron chi connectivity index (χ0n) is 10.2. The van der Waals surface area contributed by atoms with Gasteiger partial charge in [-0.2, -0.15) is 0 Å². The first-order valence-corrected chi connectivity index (χ1v) is 5.99. The standard InChI is InChI=1S/C12H24N2O/c1-12(2,3)14-11(15)5-4-10-6-8-13-9-7-10/h10,13H,4-9H2,1-3H3,(H,14,15). The van der Waals surface area contributed by atoms with E-state index in [1.807, 2.05) is 20.8 Å². The molecule has 0 unspecified atom stereocenters. The third kappa shape index (κ3) is 5.78. The number of hydrogen-bond acceptors (Lipinski definition) is 2. The van der Waals surface area contributed by atoms with E-state index in [0.29, 0.717) is 6.42 Å². The van der Waals surface area contributed by atoms with Gasteiger partial charge in [0.25, 0.3) is 0 Å². The van der Waals surface area contributed by atoms with Gasteiger partial charge in [0.05, 0.1) is 0 Å². The summed E-state index contributed by atoms with van der Waals surface area (Å²) in [4.78, 5) is 11.6. The van der Waals surface area contributed by atoms with Gasteiger partial charge in [0.1, 0.15) is 0 Å². The second-order valence-electron chi connectivity index (χ2n) is 5.53. The Morgan fingerprint density at radius 3 is 2.47 bits per heavy atom. The molecule has 0 radical (unpaired) electrons. The van der Waals surface area contributed by atoms with Crippen LogP contribution in [0.15, 0.2) is 0 Å². The number of amides is 1. The van der Waals surface area contributed by atoms with Crippen molar-refractivity contribution in [1.29, 1.82) is 0 Å². The van der Waals surface area contributed by atoms with Gasteiger partial charge >= 0.3 is 0 Å². The van der Waals surface area contributed by atoms with Crippen molar-refractivity contribution in [2.75, 3.05) is 13.1 Å².